The van der Waals surface area contributed by atoms with Crippen molar-refractivity contribution in [1.82, 2.24) is 0 Å². The van der Waals surface area contributed by atoms with E-state index in [4.69, 9.17) is 5.73 Å². The van der Waals surface area contributed by atoms with E-state index in [0.717, 1.165) is 18.7 Å². The van der Waals surface area contributed by atoms with E-state index in [0.29, 0.717) is 11.4 Å². The molecule has 0 spiro atoms. The molecule has 3 N–H and O–H groups in total. The van der Waals surface area contributed by atoms with Crippen LogP contribution in [0.1, 0.15) is 16.1 Å². The topological polar surface area (TPSA) is 64.3 Å². The zero-order valence-corrected chi connectivity index (χ0v) is 8.89. The number of hydrogen-bond acceptors (Lipinski definition) is 5. The highest BCUT2D eigenvalue weighted by atomic mass is 32.1. The lowest BCUT2D eigenvalue weighted by Crippen LogP contribution is -2.10. The van der Waals surface area contributed by atoms with E-state index in [2.05, 4.69) is 10.1 Å². The quantitative estimate of drug-likeness (QED) is 0.572. The maximum absolute atomic E-state index is 11.3. The molecule has 1 heterocycles. The Morgan fingerprint density at radius 1 is 1.71 bits per heavy atom. The molecule has 4 nitrogen and oxygen atoms in total. The second-order valence-corrected chi connectivity index (χ2v) is 3.64. The van der Waals surface area contributed by atoms with Crippen molar-refractivity contribution >= 4 is 23.0 Å². The minimum atomic E-state index is -0.296. The van der Waals surface area contributed by atoms with Gasteiger partial charge in [0.15, 0.2) is 0 Å². The van der Waals surface area contributed by atoms with Crippen LogP contribution in [0.4, 0.5) is 5.69 Å². The molecule has 0 aliphatic heterocycles. The van der Waals surface area contributed by atoms with Crippen molar-refractivity contribution in [3.05, 3.63) is 16.3 Å². The molecular weight excluding hydrogens is 200 g/mol. The Morgan fingerprint density at radius 3 is 3.14 bits per heavy atom. The molecule has 0 saturated carbocycles. The second-order valence-electron chi connectivity index (χ2n) is 2.72. The van der Waals surface area contributed by atoms with E-state index in [1.54, 1.807) is 0 Å². The number of nitrogens with one attached hydrogen (secondary N) is 1. The van der Waals surface area contributed by atoms with Gasteiger partial charge in [0.1, 0.15) is 4.88 Å². The Balaban J connectivity index is 2.58. The predicted octanol–water partition coefficient (Wildman–Crippen LogP) is 1.30. The highest BCUT2D eigenvalue weighted by Gasteiger charge is 2.12. The van der Waals surface area contributed by atoms with Crippen LogP contribution in [-0.4, -0.2) is 26.2 Å². The van der Waals surface area contributed by atoms with Crippen LogP contribution < -0.4 is 11.1 Å². The molecule has 1 aromatic rings. The van der Waals surface area contributed by atoms with Crippen molar-refractivity contribution < 1.29 is 9.53 Å². The van der Waals surface area contributed by atoms with Gasteiger partial charge in [-0.25, -0.2) is 4.79 Å². The number of rotatable bonds is 5. The first-order valence-electron chi connectivity index (χ1n) is 4.39. The predicted molar refractivity (Wildman–Crippen MR) is 57.8 cm³/mol. The number of hydrogen-bond donors (Lipinski definition) is 2. The fourth-order valence-corrected chi connectivity index (χ4v) is 1.81. The largest absolute Gasteiger partial charge is 0.465 e. The molecule has 0 aliphatic carbocycles. The summed E-state index contributed by atoms with van der Waals surface area (Å²) >= 11 is 1.37. The zero-order valence-electron chi connectivity index (χ0n) is 8.08. The minimum Gasteiger partial charge on any atom is -0.465 e. The maximum atomic E-state index is 11.3. The summed E-state index contributed by atoms with van der Waals surface area (Å²) in [4.78, 5) is 11.9. The van der Waals surface area contributed by atoms with Crippen LogP contribution >= 0.6 is 11.3 Å². The Hall–Kier alpha value is -1.07. The normalized spacial score (nSPS) is 9.86. The molecule has 0 atom stereocenters. The number of thiophene rings is 1. The Morgan fingerprint density at radius 2 is 2.50 bits per heavy atom. The second kappa shape index (κ2) is 5.62. The summed E-state index contributed by atoms with van der Waals surface area (Å²) in [5, 5.41) is 5.00. The molecule has 1 aromatic heterocycles. The van der Waals surface area contributed by atoms with Crippen molar-refractivity contribution in [3.8, 4) is 0 Å². The number of carbonyl (C=O) groups is 1. The standard InChI is InChI=1S/C9H14N2O2S/c1-13-9(12)8-7(3-6-14-8)11-5-2-4-10/h3,6,11H,2,4-5,10H2,1H3. The van der Waals surface area contributed by atoms with Gasteiger partial charge in [0, 0.05) is 6.54 Å². The fraction of sp³-hybridized carbons (Fsp3) is 0.444. The average Bonchev–Trinajstić information content (AvgIpc) is 2.65. The van der Waals surface area contributed by atoms with E-state index in [9.17, 15) is 4.79 Å². The molecule has 0 unspecified atom stereocenters. The molecule has 0 aromatic carbocycles. The highest BCUT2D eigenvalue weighted by molar-refractivity contribution is 7.12. The van der Waals surface area contributed by atoms with Crippen LogP contribution in [0.2, 0.25) is 0 Å². The maximum Gasteiger partial charge on any atom is 0.350 e. The summed E-state index contributed by atoms with van der Waals surface area (Å²) < 4.78 is 4.65. The van der Waals surface area contributed by atoms with Crippen LogP contribution in [-0.2, 0) is 4.74 Å². The molecule has 0 radical (unpaired) electrons. The van der Waals surface area contributed by atoms with Gasteiger partial charge in [-0.1, -0.05) is 0 Å². The first kappa shape index (κ1) is 11.0. The van der Waals surface area contributed by atoms with E-state index >= 15 is 0 Å². The van der Waals surface area contributed by atoms with Crippen molar-refractivity contribution in [2.45, 2.75) is 6.42 Å². The summed E-state index contributed by atoms with van der Waals surface area (Å²) in [6.07, 6.45) is 0.885. The summed E-state index contributed by atoms with van der Waals surface area (Å²) in [6, 6.07) is 1.87. The first-order valence-corrected chi connectivity index (χ1v) is 5.27. The van der Waals surface area contributed by atoms with Gasteiger partial charge >= 0.3 is 5.97 Å². The third kappa shape index (κ3) is 2.71. The molecule has 0 amide bonds. The molecule has 0 fully saturated rings. The van der Waals surface area contributed by atoms with Gasteiger partial charge in [0.25, 0.3) is 0 Å². The molecular formula is C9H14N2O2S. The number of esters is 1. The molecule has 78 valence electrons. The number of methoxy groups -OCH3 is 1. The van der Waals surface area contributed by atoms with Gasteiger partial charge < -0.3 is 15.8 Å². The van der Waals surface area contributed by atoms with Crippen molar-refractivity contribution in [2.75, 3.05) is 25.5 Å². The molecule has 5 heteroatoms. The molecule has 0 aliphatic rings. The van der Waals surface area contributed by atoms with Gasteiger partial charge in [-0.15, -0.1) is 11.3 Å². The van der Waals surface area contributed by atoms with Crippen molar-refractivity contribution in [3.63, 3.8) is 0 Å². The number of nitrogens with two attached hydrogens (primary N) is 1. The summed E-state index contributed by atoms with van der Waals surface area (Å²) in [6.45, 7) is 1.42. The van der Waals surface area contributed by atoms with Gasteiger partial charge in [0.05, 0.1) is 12.8 Å². The van der Waals surface area contributed by atoms with Gasteiger partial charge in [0.2, 0.25) is 0 Å². The lowest BCUT2D eigenvalue weighted by molar-refractivity contribution is 0.0607. The Labute approximate surface area is 87.1 Å². The van der Waals surface area contributed by atoms with Crippen LogP contribution in [0.5, 0.6) is 0 Å². The average molecular weight is 214 g/mol. The van der Waals surface area contributed by atoms with Crippen LogP contribution in [0, 0.1) is 0 Å². The minimum absolute atomic E-state index is 0.296. The third-order valence-electron chi connectivity index (χ3n) is 1.73. The zero-order chi connectivity index (χ0) is 10.4. The van der Waals surface area contributed by atoms with Crippen molar-refractivity contribution in [2.24, 2.45) is 5.73 Å². The monoisotopic (exact) mass is 214 g/mol. The van der Waals surface area contributed by atoms with E-state index in [1.165, 1.54) is 18.4 Å². The Bertz CT molecular complexity index is 299. The van der Waals surface area contributed by atoms with Gasteiger partial charge in [-0.3, -0.25) is 0 Å². The molecule has 14 heavy (non-hydrogen) atoms. The van der Waals surface area contributed by atoms with Crippen molar-refractivity contribution in [1.29, 1.82) is 0 Å². The van der Waals surface area contributed by atoms with Gasteiger partial charge in [-0.2, -0.15) is 0 Å². The molecule has 0 bridgehead atoms. The fourth-order valence-electron chi connectivity index (χ4n) is 1.02. The Kier molecular flexibility index (Phi) is 4.42. The summed E-state index contributed by atoms with van der Waals surface area (Å²) in [7, 11) is 1.38. The van der Waals surface area contributed by atoms with Gasteiger partial charge in [-0.05, 0) is 24.4 Å². The molecule has 1 rings (SSSR count). The highest BCUT2D eigenvalue weighted by Crippen LogP contribution is 2.22. The number of ether oxygens (including phenoxy) is 1. The summed E-state index contributed by atoms with van der Waals surface area (Å²) in [5.41, 5.74) is 6.19. The molecule has 0 saturated heterocycles. The SMILES string of the molecule is COC(=O)c1sccc1NCCCN. The van der Waals surface area contributed by atoms with Crippen LogP contribution in [0.3, 0.4) is 0 Å². The van der Waals surface area contributed by atoms with Crippen LogP contribution in [0.15, 0.2) is 11.4 Å². The summed E-state index contributed by atoms with van der Waals surface area (Å²) in [5.74, 6) is -0.296. The smallest absolute Gasteiger partial charge is 0.350 e. The van der Waals surface area contributed by atoms with E-state index in [-0.39, 0.29) is 5.97 Å². The lowest BCUT2D eigenvalue weighted by Gasteiger charge is -2.04. The van der Waals surface area contributed by atoms with E-state index in [1.807, 2.05) is 11.4 Å². The first-order chi connectivity index (χ1) is 6.79. The lowest BCUT2D eigenvalue weighted by atomic mass is 10.3. The number of anilines is 1. The third-order valence-corrected chi connectivity index (χ3v) is 2.63. The van der Waals surface area contributed by atoms with Crippen LogP contribution in [0.25, 0.3) is 0 Å². The van der Waals surface area contributed by atoms with E-state index < -0.39 is 0 Å². The number of carbonyl (C=O) groups excluding carboxylic acids is 1.